The second-order valence-corrected chi connectivity index (χ2v) is 8.45. The summed E-state index contributed by atoms with van der Waals surface area (Å²) in [6, 6.07) is 5.18. The Morgan fingerprint density at radius 1 is 1.28 bits per heavy atom. The predicted molar refractivity (Wildman–Crippen MR) is 109 cm³/mol. The van der Waals surface area contributed by atoms with Crippen LogP contribution < -0.4 is 0 Å². The second-order valence-electron chi connectivity index (χ2n) is 8.45. The van der Waals surface area contributed by atoms with Gasteiger partial charge in [0.05, 0.1) is 11.9 Å². The Kier molecular flexibility index (Phi) is 5.30. The van der Waals surface area contributed by atoms with Gasteiger partial charge in [-0.2, -0.15) is 0 Å². The van der Waals surface area contributed by atoms with Gasteiger partial charge in [0.25, 0.3) is 5.91 Å². The first-order valence-corrected chi connectivity index (χ1v) is 10.3. The molecule has 2 N–H and O–H groups in total. The van der Waals surface area contributed by atoms with Crippen molar-refractivity contribution in [1.82, 2.24) is 19.8 Å². The Morgan fingerprint density at radius 3 is 2.76 bits per heavy atom. The van der Waals surface area contributed by atoms with E-state index in [1.165, 1.54) is 0 Å². The van der Waals surface area contributed by atoms with Gasteiger partial charge >= 0.3 is 0 Å². The molecule has 1 aromatic heterocycles. The molecular weight excluding hydrogens is 368 g/mol. The summed E-state index contributed by atoms with van der Waals surface area (Å²) in [4.78, 5) is 36.2. The summed E-state index contributed by atoms with van der Waals surface area (Å²) in [5, 5.41) is 10.1. The Hall–Kier alpha value is -2.83. The number of piperidine rings is 2. The molecule has 7 heteroatoms. The van der Waals surface area contributed by atoms with Gasteiger partial charge in [-0.15, -0.1) is 0 Å². The fourth-order valence-electron chi connectivity index (χ4n) is 4.57. The van der Waals surface area contributed by atoms with Crippen molar-refractivity contribution in [2.75, 3.05) is 26.2 Å². The van der Waals surface area contributed by atoms with Crippen LogP contribution >= 0.6 is 0 Å². The van der Waals surface area contributed by atoms with E-state index in [0.717, 1.165) is 43.5 Å². The third-order valence-electron chi connectivity index (χ3n) is 6.45. The summed E-state index contributed by atoms with van der Waals surface area (Å²) in [7, 11) is 0. The lowest BCUT2D eigenvalue weighted by Gasteiger charge is -2.47. The highest BCUT2D eigenvalue weighted by molar-refractivity contribution is 5.97. The molecule has 0 radical (unpaired) electrons. The number of phenolic OH excluding ortho intramolecular Hbond substituents is 1. The number of benzene rings is 1. The van der Waals surface area contributed by atoms with E-state index in [0.29, 0.717) is 31.6 Å². The van der Waals surface area contributed by atoms with E-state index in [4.69, 9.17) is 0 Å². The number of H-pyrrole nitrogens is 1. The van der Waals surface area contributed by atoms with Crippen molar-refractivity contribution < 1.29 is 14.7 Å². The maximum atomic E-state index is 12.8. The SMILES string of the molecule is Cc1ccc(C(=O)N2CCC3(CCC(=O)N(CCc4cnc[nH]4)C3)CC2)c(O)c1. The van der Waals surface area contributed by atoms with Gasteiger partial charge in [0.15, 0.2) is 0 Å². The molecule has 154 valence electrons. The Morgan fingerprint density at radius 2 is 2.07 bits per heavy atom. The van der Waals surface area contributed by atoms with E-state index >= 15 is 0 Å². The number of carbonyl (C=O) groups excluding carboxylic acids is 2. The molecule has 7 nitrogen and oxygen atoms in total. The number of aryl methyl sites for hydroxylation is 1. The summed E-state index contributed by atoms with van der Waals surface area (Å²) in [6.07, 6.45) is 7.49. The molecule has 0 aliphatic carbocycles. The zero-order valence-corrected chi connectivity index (χ0v) is 16.9. The topological polar surface area (TPSA) is 89.5 Å². The number of aromatic hydroxyl groups is 1. The number of amides is 2. The van der Waals surface area contributed by atoms with Gasteiger partial charge in [0, 0.05) is 50.9 Å². The van der Waals surface area contributed by atoms with Crippen molar-refractivity contribution in [3.63, 3.8) is 0 Å². The second kappa shape index (κ2) is 7.89. The van der Waals surface area contributed by atoms with Crippen LogP contribution in [0.3, 0.4) is 0 Å². The van der Waals surface area contributed by atoms with Gasteiger partial charge in [-0.05, 0) is 49.3 Å². The highest BCUT2D eigenvalue weighted by Gasteiger charge is 2.41. The molecule has 2 saturated heterocycles. The summed E-state index contributed by atoms with van der Waals surface area (Å²) >= 11 is 0. The number of imidazole rings is 1. The zero-order chi connectivity index (χ0) is 20.4. The van der Waals surface area contributed by atoms with E-state index < -0.39 is 0 Å². The number of aromatic amines is 1. The molecule has 1 aromatic carbocycles. The van der Waals surface area contributed by atoms with Crippen LogP contribution in [0.15, 0.2) is 30.7 Å². The maximum absolute atomic E-state index is 12.8. The van der Waals surface area contributed by atoms with Crippen molar-refractivity contribution in [3.8, 4) is 5.75 Å². The Balaban J connectivity index is 1.37. The standard InChI is InChI=1S/C22H28N4O3/c1-16-2-3-18(19(27)12-16)21(29)25-10-7-22(8-11-25)6-4-20(28)26(14-22)9-5-17-13-23-15-24-17/h2-3,12-13,15,27H,4-11,14H2,1H3,(H,23,24). The molecule has 2 aliphatic heterocycles. The molecule has 4 rings (SSSR count). The average molecular weight is 396 g/mol. The zero-order valence-electron chi connectivity index (χ0n) is 16.9. The van der Waals surface area contributed by atoms with Crippen LogP contribution in [0.4, 0.5) is 0 Å². The number of nitrogens with one attached hydrogen (secondary N) is 1. The largest absolute Gasteiger partial charge is 0.507 e. The molecule has 1 spiro atoms. The number of likely N-dealkylation sites (tertiary alicyclic amines) is 2. The lowest BCUT2D eigenvalue weighted by atomic mass is 9.72. The van der Waals surface area contributed by atoms with Gasteiger partial charge in [-0.3, -0.25) is 9.59 Å². The van der Waals surface area contributed by atoms with Crippen LogP contribution in [0.1, 0.15) is 47.3 Å². The van der Waals surface area contributed by atoms with Crippen molar-refractivity contribution in [2.24, 2.45) is 5.41 Å². The van der Waals surface area contributed by atoms with Crippen LogP contribution in [0, 0.1) is 12.3 Å². The van der Waals surface area contributed by atoms with Crippen LogP contribution in [-0.2, 0) is 11.2 Å². The quantitative estimate of drug-likeness (QED) is 0.831. The van der Waals surface area contributed by atoms with Crippen molar-refractivity contribution in [1.29, 1.82) is 0 Å². The van der Waals surface area contributed by atoms with Crippen LogP contribution in [0.2, 0.25) is 0 Å². The minimum Gasteiger partial charge on any atom is -0.507 e. The molecule has 0 atom stereocenters. The fourth-order valence-corrected chi connectivity index (χ4v) is 4.57. The van der Waals surface area contributed by atoms with E-state index in [2.05, 4.69) is 9.97 Å². The van der Waals surface area contributed by atoms with Crippen molar-refractivity contribution in [3.05, 3.63) is 47.5 Å². The number of carbonyl (C=O) groups is 2. The first-order chi connectivity index (χ1) is 14.0. The molecule has 2 fully saturated rings. The molecular formula is C22H28N4O3. The Bertz CT molecular complexity index is 885. The first-order valence-electron chi connectivity index (χ1n) is 10.3. The molecule has 29 heavy (non-hydrogen) atoms. The normalized spacial score (nSPS) is 19.0. The van der Waals surface area contributed by atoms with Crippen LogP contribution in [0.5, 0.6) is 5.75 Å². The number of nitrogens with zero attached hydrogens (tertiary/aromatic N) is 3. The van der Waals surface area contributed by atoms with E-state index in [1.807, 2.05) is 22.8 Å². The minimum atomic E-state index is -0.111. The maximum Gasteiger partial charge on any atom is 0.257 e. The van der Waals surface area contributed by atoms with E-state index in [9.17, 15) is 14.7 Å². The summed E-state index contributed by atoms with van der Waals surface area (Å²) in [5.74, 6) is 0.155. The molecule has 0 bridgehead atoms. The number of hydrogen-bond donors (Lipinski definition) is 2. The highest BCUT2D eigenvalue weighted by atomic mass is 16.3. The molecule has 0 unspecified atom stereocenters. The molecule has 3 heterocycles. The third-order valence-corrected chi connectivity index (χ3v) is 6.45. The summed E-state index contributed by atoms with van der Waals surface area (Å²) < 4.78 is 0. The van der Waals surface area contributed by atoms with Crippen molar-refractivity contribution >= 4 is 11.8 Å². The minimum absolute atomic E-state index is 0.0449. The molecule has 2 aromatic rings. The first kappa shape index (κ1) is 19.5. The number of rotatable bonds is 4. The van der Waals surface area contributed by atoms with Gasteiger partial charge in [-0.25, -0.2) is 4.98 Å². The van der Waals surface area contributed by atoms with Crippen LogP contribution in [-0.4, -0.2) is 62.9 Å². The lowest BCUT2D eigenvalue weighted by Crippen LogP contribution is -2.52. The number of phenols is 1. The molecule has 2 amide bonds. The molecule has 2 aliphatic rings. The predicted octanol–water partition coefficient (Wildman–Crippen LogP) is 2.51. The van der Waals surface area contributed by atoms with E-state index in [1.54, 1.807) is 24.7 Å². The van der Waals surface area contributed by atoms with E-state index in [-0.39, 0.29) is 23.0 Å². The smallest absolute Gasteiger partial charge is 0.257 e. The lowest BCUT2D eigenvalue weighted by molar-refractivity contribution is -0.138. The van der Waals surface area contributed by atoms with Gasteiger partial charge in [0.1, 0.15) is 5.75 Å². The van der Waals surface area contributed by atoms with Crippen molar-refractivity contribution in [2.45, 2.75) is 39.0 Å². The molecule has 0 saturated carbocycles. The summed E-state index contributed by atoms with van der Waals surface area (Å²) in [5.41, 5.74) is 2.43. The third kappa shape index (κ3) is 4.13. The fraction of sp³-hybridized carbons (Fsp3) is 0.500. The average Bonchev–Trinajstić information content (AvgIpc) is 3.23. The summed E-state index contributed by atoms with van der Waals surface area (Å²) in [6.45, 7) is 4.67. The van der Waals surface area contributed by atoms with Gasteiger partial charge < -0.3 is 19.9 Å². The van der Waals surface area contributed by atoms with Crippen LogP contribution in [0.25, 0.3) is 0 Å². The number of aromatic nitrogens is 2. The highest BCUT2D eigenvalue weighted by Crippen LogP contribution is 2.40. The van der Waals surface area contributed by atoms with Gasteiger partial charge in [0.2, 0.25) is 5.91 Å². The van der Waals surface area contributed by atoms with Gasteiger partial charge in [-0.1, -0.05) is 6.07 Å². The number of hydrogen-bond acceptors (Lipinski definition) is 4. The Labute approximate surface area is 170 Å². The monoisotopic (exact) mass is 396 g/mol.